The summed E-state index contributed by atoms with van der Waals surface area (Å²) < 4.78 is 0. The van der Waals surface area contributed by atoms with Crippen molar-refractivity contribution < 1.29 is 9.59 Å². The highest BCUT2D eigenvalue weighted by Crippen LogP contribution is 2.44. The molecule has 1 saturated carbocycles. The summed E-state index contributed by atoms with van der Waals surface area (Å²) in [6, 6.07) is 0. The molecule has 0 unspecified atom stereocenters. The number of nitrogen functional groups attached to an aromatic ring is 1. The van der Waals surface area contributed by atoms with Crippen LogP contribution < -0.4 is 22.5 Å². The summed E-state index contributed by atoms with van der Waals surface area (Å²) in [7, 11) is 0. The van der Waals surface area contributed by atoms with E-state index in [4.69, 9.17) is 17.2 Å². The molecule has 1 fully saturated rings. The third kappa shape index (κ3) is 2.45. The summed E-state index contributed by atoms with van der Waals surface area (Å²) >= 11 is 1.10. The van der Waals surface area contributed by atoms with Gasteiger partial charge in [0.15, 0.2) is 0 Å². The molecule has 7 N–H and O–H groups in total. The molecule has 0 aromatic carbocycles. The number of thiophene rings is 1. The third-order valence-electron chi connectivity index (χ3n) is 4.20. The summed E-state index contributed by atoms with van der Waals surface area (Å²) in [5.74, 6) is -1.29. The fraction of sp³-hybridized carbons (Fsp3) is 0.538. The van der Waals surface area contributed by atoms with E-state index in [1.807, 2.05) is 0 Å². The minimum atomic E-state index is -0.645. The molecule has 1 aliphatic carbocycles. The van der Waals surface area contributed by atoms with E-state index in [1.54, 1.807) is 0 Å². The summed E-state index contributed by atoms with van der Waals surface area (Å²) in [5, 5.41) is 3.78. The van der Waals surface area contributed by atoms with Gasteiger partial charge in [0.05, 0.1) is 11.3 Å². The van der Waals surface area contributed by atoms with Crippen LogP contribution in [0.15, 0.2) is 0 Å². The second-order valence-electron chi connectivity index (χ2n) is 5.34. The molecule has 1 aliphatic rings. The van der Waals surface area contributed by atoms with E-state index >= 15 is 0 Å². The van der Waals surface area contributed by atoms with Crippen LogP contribution in [0.3, 0.4) is 0 Å². The van der Waals surface area contributed by atoms with Gasteiger partial charge < -0.3 is 22.5 Å². The van der Waals surface area contributed by atoms with Gasteiger partial charge in [0.1, 0.15) is 9.88 Å². The lowest BCUT2D eigenvalue weighted by atomic mass is 9.67. The SMILES string of the molecule is CCC1(CNc2sc(C(N)=O)c(N)c2C(N)=O)CCC1. The molecule has 0 saturated heterocycles. The maximum absolute atomic E-state index is 11.5. The number of hydrogen-bond acceptors (Lipinski definition) is 5. The number of rotatable bonds is 6. The molecule has 2 amide bonds. The molecule has 7 heteroatoms. The molecule has 2 rings (SSSR count). The van der Waals surface area contributed by atoms with Gasteiger partial charge in [-0.15, -0.1) is 11.3 Å². The van der Waals surface area contributed by atoms with Crippen LogP contribution in [-0.2, 0) is 0 Å². The molecule has 6 nitrogen and oxygen atoms in total. The van der Waals surface area contributed by atoms with Gasteiger partial charge in [0.2, 0.25) is 0 Å². The summed E-state index contributed by atoms with van der Waals surface area (Å²) in [5.41, 5.74) is 16.9. The lowest BCUT2D eigenvalue weighted by Gasteiger charge is -2.41. The Bertz CT molecular complexity index is 543. The van der Waals surface area contributed by atoms with Crippen LogP contribution >= 0.6 is 11.3 Å². The van der Waals surface area contributed by atoms with Crippen LogP contribution in [0.4, 0.5) is 10.7 Å². The summed E-state index contributed by atoms with van der Waals surface area (Å²) in [4.78, 5) is 23.0. The van der Waals surface area contributed by atoms with E-state index in [0.29, 0.717) is 5.00 Å². The highest BCUT2D eigenvalue weighted by Gasteiger charge is 2.35. The van der Waals surface area contributed by atoms with Gasteiger partial charge in [0, 0.05) is 6.54 Å². The van der Waals surface area contributed by atoms with Crippen molar-refractivity contribution in [3.8, 4) is 0 Å². The standard InChI is InChI=1S/C13H20N4O2S/c1-2-13(4-3-5-13)6-17-12-7(10(15)18)8(14)9(20-12)11(16)19/h17H,2-6,14H2,1H3,(H2,15,18)(H2,16,19). The Morgan fingerprint density at radius 3 is 2.35 bits per heavy atom. The number of primary amides is 2. The minimum Gasteiger partial charge on any atom is -0.397 e. The molecule has 1 aromatic rings. The summed E-state index contributed by atoms with van der Waals surface area (Å²) in [6.07, 6.45) is 4.66. The highest BCUT2D eigenvalue weighted by molar-refractivity contribution is 7.19. The quantitative estimate of drug-likeness (QED) is 0.635. The Kier molecular flexibility index (Phi) is 3.89. The van der Waals surface area contributed by atoms with Crippen molar-refractivity contribution >= 4 is 33.8 Å². The highest BCUT2D eigenvalue weighted by atomic mass is 32.1. The van der Waals surface area contributed by atoms with Gasteiger partial charge in [-0.25, -0.2) is 0 Å². The largest absolute Gasteiger partial charge is 0.397 e. The lowest BCUT2D eigenvalue weighted by molar-refractivity contribution is 0.0999. The first-order chi connectivity index (χ1) is 9.40. The summed E-state index contributed by atoms with van der Waals surface area (Å²) in [6.45, 7) is 2.91. The monoisotopic (exact) mass is 296 g/mol. The van der Waals surface area contributed by atoms with Crippen LogP contribution in [0.25, 0.3) is 0 Å². The van der Waals surface area contributed by atoms with E-state index in [0.717, 1.165) is 24.3 Å². The van der Waals surface area contributed by atoms with Crippen molar-refractivity contribution in [2.24, 2.45) is 16.9 Å². The van der Waals surface area contributed by atoms with E-state index in [-0.39, 0.29) is 21.5 Å². The fourth-order valence-electron chi connectivity index (χ4n) is 2.60. The zero-order chi connectivity index (χ0) is 14.9. The molecule has 0 radical (unpaired) electrons. The Morgan fingerprint density at radius 2 is 1.95 bits per heavy atom. The number of nitrogens with two attached hydrogens (primary N) is 3. The smallest absolute Gasteiger partial charge is 0.260 e. The van der Waals surface area contributed by atoms with Crippen molar-refractivity contribution in [3.05, 3.63) is 10.4 Å². The maximum Gasteiger partial charge on any atom is 0.260 e. The van der Waals surface area contributed by atoms with Crippen LogP contribution in [0, 0.1) is 5.41 Å². The Balaban J connectivity index is 2.24. The first kappa shape index (κ1) is 14.6. The number of carbonyl (C=O) groups excluding carboxylic acids is 2. The number of hydrogen-bond donors (Lipinski definition) is 4. The number of anilines is 2. The van der Waals surface area contributed by atoms with E-state index in [2.05, 4.69) is 12.2 Å². The van der Waals surface area contributed by atoms with Crippen LogP contribution in [-0.4, -0.2) is 18.4 Å². The van der Waals surface area contributed by atoms with Gasteiger partial charge in [-0.2, -0.15) is 0 Å². The molecule has 1 heterocycles. The first-order valence-corrected chi connectivity index (χ1v) is 7.47. The molecule has 0 spiro atoms. The van der Waals surface area contributed by atoms with Crippen molar-refractivity contribution in [1.29, 1.82) is 0 Å². The van der Waals surface area contributed by atoms with Crippen molar-refractivity contribution in [2.75, 3.05) is 17.6 Å². The Morgan fingerprint density at radius 1 is 1.30 bits per heavy atom. The van der Waals surface area contributed by atoms with Gasteiger partial charge in [-0.3, -0.25) is 9.59 Å². The predicted octanol–water partition coefficient (Wildman–Crippen LogP) is 1.52. The molecular weight excluding hydrogens is 276 g/mol. The second kappa shape index (κ2) is 5.32. The lowest BCUT2D eigenvalue weighted by Crippen LogP contribution is -2.36. The minimum absolute atomic E-state index is 0.0802. The first-order valence-electron chi connectivity index (χ1n) is 6.66. The van der Waals surface area contributed by atoms with Gasteiger partial charge >= 0.3 is 0 Å². The van der Waals surface area contributed by atoms with Gasteiger partial charge in [-0.1, -0.05) is 13.3 Å². The Labute approximate surface area is 121 Å². The predicted molar refractivity (Wildman–Crippen MR) is 80.8 cm³/mol. The van der Waals surface area contributed by atoms with Gasteiger partial charge in [0.25, 0.3) is 11.8 Å². The number of carbonyl (C=O) groups is 2. The topological polar surface area (TPSA) is 124 Å². The van der Waals surface area contributed by atoms with Crippen molar-refractivity contribution in [2.45, 2.75) is 32.6 Å². The van der Waals surface area contributed by atoms with E-state index in [9.17, 15) is 9.59 Å². The molecular formula is C13H20N4O2S. The third-order valence-corrected chi connectivity index (χ3v) is 5.38. The van der Waals surface area contributed by atoms with Crippen molar-refractivity contribution in [3.63, 3.8) is 0 Å². The number of amides is 2. The average molecular weight is 296 g/mol. The molecule has 1 aromatic heterocycles. The van der Waals surface area contributed by atoms with Crippen LogP contribution in [0.1, 0.15) is 52.6 Å². The van der Waals surface area contributed by atoms with Crippen LogP contribution in [0.2, 0.25) is 0 Å². The second-order valence-corrected chi connectivity index (χ2v) is 6.36. The van der Waals surface area contributed by atoms with Crippen LogP contribution in [0.5, 0.6) is 0 Å². The normalized spacial score (nSPS) is 16.4. The molecule has 0 aliphatic heterocycles. The van der Waals surface area contributed by atoms with Gasteiger partial charge in [-0.05, 0) is 24.7 Å². The van der Waals surface area contributed by atoms with E-state index in [1.165, 1.54) is 19.3 Å². The zero-order valence-electron chi connectivity index (χ0n) is 11.5. The molecule has 0 atom stereocenters. The fourth-order valence-corrected chi connectivity index (χ4v) is 3.57. The average Bonchev–Trinajstić information content (AvgIpc) is 2.65. The molecule has 110 valence electrons. The van der Waals surface area contributed by atoms with E-state index < -0.39 is 11.8 Å². The Hall–Kier alpha value is -1.76. The van der Waals surface area contributed by atoms with Crippen molar-refractivity contribution in [1.82, 2.24) is 0 Å². The zero-order valence-corrected chi connectivity index (χ0v) is 12.3. The number of nitrogens with one attached hydrogen (secondary N) is 1. The maximum atomic E-state index is 11.5. The molecule has 0 bridgehead atoms. The molecule has 20 heavy (non-hydrogen) atoms.